The molecule has 148 valence electrons. The normalized spacial score (nSPS) is 11.6. The van der Waals surface area contributed by atoms with Crippen LogP contribution in [0.3, 0.4) is 0 Å². The van der Waals surface area contributed by atoms with Crippen LogP contribution in [0.1, 0.15) is 17.3 Å². The fraction of sp³-hybridized carbons (Fsp3) is 0.0909. The fourth-order valence-electron chi connectivity index (χ4n) is 3.06. The molecule has 0 saturated carbocycles. The van der Waals surface area contributed by atoms with Gasteiger partial charge in [-0.15, -0.1) is 0 Å². The molecule has 30 heavy (non-hydrogen) atoms. The largest absolute Gasteiger partial charge is 0.358 e. The van der Waals surface area contributed by atoms with Crippen LogP contribution in [-0.2, 0) is 0 Å². The Kier molecular flexibility index (Phi) is 5.46. The van der Waals surface area contributed by atoms with E-state index in [1.54, 1.807) is 24.5 Å². The zero-order valence-corrected chi connectivity index (χ0v) is 15.9. The summed E-state index contributed by atoms with van der Waals surface area (Å²) >= 11 is 0. The van der Waals surface area contributed by atoms with Crippen molar-refractivity contribution in [3.8, 4) is 6.07 Å². The maximum atomic E-state index is 14.6. The summed E-state index contributed by atoms with van der Waals surface area (Å²) in [6, 6.07) is 17.5. The van der Waals surface area contributed by atoms with Gasteiger partial charge in [-0.1, -0.05) is 12.1 Å². The minimum atomic E-state index is -0.644. The van der Waals surface area contributed by atoms with Gasteiger partial charge in [-0.2, -0.15) is 5.26 Å². The molecule has 0 bridgehead atoms. The van der Waals surface area contributed by atoms with Gasteiger partial charge >= 0.3 is 0 Å². The highest BCUT2D eigenvalue weighted by atomic mass is 19.1. The van der Waals surface area contributed by atoms with E-state index in [2.05, 4.69) is 25.6 Å². The van der Waals surface area contributed by atoms with Gasteiger partial charge in [0.2, 0.25) is 0 Å². The SMILES string of the molecule is N#Cc1cc(F)c(N[C@@H](CN)c2ccccn2)nc1Nc1ccc2ncccc2c1. The van der Waals surface area contributed by atoms with E-state index in [1.165, 1.54) is 0 Å². The van der Waals surface area contributed by atoms with Crippen LogP contribution in [0.2, 0.25) is 0 Å². The number of benzene rings is 1. The van der Waals surface area contributed by atoms with Crippen LogP contribution in [-0.4, -0.2) is 21.5 Å². The first-order valence-corrected chi connectivity index (χ1v) is 9.28. The van der Waals surface area contributed by atoms with Crippen LogP contribution < -0.4 is 16.4 Å². The highest BCUT2D eigenvalue weighted by Gasteiger charge is 2.17. The van der Waals surface area contributed by atoms with Gasteiger partial charge < -0.3 is 16.4 Å². The quantitative estimate of drug-likeness (QED) is 0.451. The van der Waals surface area contributed by atoms with Crippen LogP contribution in [0, 0.1) is 17.1 Å². The molecule has 0 aliphatic carbocycles. The van der Waals surface area contributed by atoms with E-state index < -0.39 is 11.9 Å². The second-order valence-electron chi connectivity index (χ2n) is 6.55. The van der Waals surface area contributed by atoms with Crippen molar-refractivity contribution >= 4 is 28.2 Å². The number of fused-ring (bicyclic) bond motifs is 1. The van der Waals surface area contributed by atoms with Gasteiger partial charge in [-0.05, 0) is 42.5 Å². The molecule has 0 saturated heterocycles. The molecule has 0 aliphatic rings. The third-order valence-corrected chi connectivity index (χ3v) is 4.55. The van der Waals surface area contributed by atoms with Gasteiger partial charge in [0.25, 0.3) is 0 Å². The van der Waals surface area contributed by atoms with E-state index in [4.69, 9.17) is 5.73 Å². The molecule has 7 nitrogen and oxygen atoms in total. The summed E-state index contributed by atoms with van der Waals surface area (Å²) in [5, 5.41) is 16.4. The number of hydrogen-bond acceptors (Lipinski definition) is 7. The Morgan fingerprint density at radius 2 is 1.90 bits per heavy atom. The predicted molar refractivity (Wildman–Crippen MR) is 114 cm³/mol. The molecule has 0 unspecified atom stereocenters. The zero-order chi connectivity index (χ0) is 20.9. The molecule has 0 aliphatic heterocycles. The van der Waals surface area contributed by atoms with Gasteiger partial charge in [-0.25, -0.2) is 9.37 Å². The topological polar surface area (TPSA) is 113 Å². The molecule has 0 spiro atoms. The lowest BCUT2D eigenvalue weighted by molar-refractivity contribution is 0.618. The summed E-state index contributed by atoms with van der Waals surface area (Å²) in [6.07, 6.45) is 3.36. The molecule has 4 rings (SSSR count). The standard InChI is InChI=1S/C22H18FN7/c23-17-11-15(12-24)21(28-16-6-7-18-14(10-16)4-3-9-26-18)30-22(17)29-20(13-25)19-5-1-2-8-27-19/h1-11,20H,13,25H2,(H2,28,29,30)/t20-/m0/s1. The van der Waals surface area contributed by atoms with Crippen molar-refractivity contribution in [2.75, 3.05) is 17.2 Å². The Morgan fingerprint density at radius 3 is 2.67 bits per heavy atom. The average Bonchev–Trinajstić information content (AvgIpc) is 2.79. The molecule has 4 N–H and O–H groups in total. The summed E-state index contributed by atoms with van der Waals surface area (Å²) in [5.74, 6) is -0.421. The third kappa shape index (κ3) is 4.01. The van der Waals surface area contributed by atoms with Crippen LogP contribution in [0.25, 0.3) is 10.9 Å². The van der Waals surface area contributed by atoms with E-state index in [9.17, 15) is 9.65 Å². The summed E-state index contributed by atoms with van der Waals surface area (Å²) < 4.78 is 14.6. The van der Waals surface area contributed by atoms with Gasteiger partial charge in [0.1, 0.15) is 6.07 Å². The molecule has 0 radical (unpaired) electrons. The number of pyridine rings is 3. The summed E-state index contributed by atoms with van der Waals surface area (Å²) in [6.45, 7) is 0.193. The second kappa shape index (κ2) is 8.51. The number of rotatable bonds is 6. The van der Waals surface area contributed by atoms with Crippen LogP contribution in [0.4, 0.5) is 21.7 Å². The molecule has 0 fully saturated rings. The minimum absolute atomic E-state index is 0.0138. The summed E-state index contributed by atoms with van der Waals surface area (Å²) in [4.78, 5) is 12.9. The van der Waals surface area contributed by atoms with E-state index in [0.717, 1.165) is 17.0 Å². The van der Waals surface area contributed by atoms with E-state index in [1.807, 2.05) is 42.5 Å². The minimum Gasteiger partial charge on any atom is -0.358 e. The number of nitriles is 1. The molecule has 3 heterocycles. The molecule has 0 amide bonds. The number of hydrogen-bond donors (Lipinski definition) is 3. The van der Waals surface area contributed by atoms with E-state index in [0.29, 0.717) is 11.4 Å². The van der Waals surface area contributed by atoms with Crippen molar-refractivity contribution in [3.63, 3.8) is 0 Å². The molecular weight excluding hydrogens is 381 g/mol. The monoisotopic (exact) mass is 399 g/mol. The molecule has 1 aromatic carbocycles. The number of halogens is 1. The Bertz CT molecular complexity index is 1220. The zero-order valence-electron chi connectivity index (χ0n) is 15.9. The lowest BCUT2D eigenvalue weighted by Gasteiger charge is -2.18. The molecule has 1 atom stereocenters. The highest BCUT2D eigenvalue weighted by Crippen LogP contribution is 2.27. The van der Waals surface area contributed by atoms with E-state index >= 15 is 0 Å². The van der Waals surface area contributed by atoms with Gasteiger partial charge in [0, 0.05) is 30.0 Å². The smallest absolute Gasteiger partial charge is 0.166 e. The Balaban J connectivity index is 1.66. The molecular formula is C22H18FN7. The predicted octanol–water partition coefficient (Wildman–Crippen LogP) is 3.89. The van der Waals surface area contributed by atoms with Crippen LogP contribution in [0.15, 0.2) is 67.0 Å². The highest BCUT2D eigenvalue weighted by molar-refractivity contribution is 5.83. The van der Waals surface area contributed by atoms with Gasteiger partial charge in [0.15, 0.2) is 17.5 Å². The number of anilines is 3. The molecule has 4 aromatic rings. The van der Waals surface area contributed by atoms with Crippen molar-refractivity contribution in [2.24, 2.45) is 5.73 Å². The maximum Gasteiger partial charge on any atom is 0.166 e. The number of aromatic nitrogens is 3. The van der Waals surface area contributed by atoms with E-state index in [-0.39, 0.29) is 23.7 Å². The first kappa shape index (κ1) is 19.2. The van der Waals surface area contributed by atoms with Crippen molar-refractivity contribution in [2.45, 2.75) is 6.04 Å². The number of nitrogens with two attached hydrogens (primary N) is 1. The molecule has 8 heteroatoms. The maximum absolute atomic E-state index is 14.6. The lowest BCUT2D eigenvalue weighted by atomic mass is 10.1. The van der Waals surface area contributed by atoms with Gasteiger partial charge in [0.05, 0.1) is 22.8 Å². The van der Waals surface area contributed by atoms with Crippen molar-refractivity contribution in [1.29, 1.82) is 5.26 Å². The Morgan fingerprint density at radius 1 is 1.03 bits per heavy atom. The average molecular weight is 399 g/mol. The third-order valence-electron chi connectivity index (χ3n) is 4.55. The van der Waals surface area contributed by atoms with Crippen LogP contribution >= 0.6 is 0 Å². The number of nitrogens with zero attached hydrogens (tertiary/aromatic N) is 4. The second-order valence-corrected chi connectivity index (χ2v) is 6.55. The lowest BCUT2D eigenvalue weighted by Crippen LogP contribution is -2.23. The first-order chi connectivity index (χ1) is 14.7. The van der Waals surface area contributed by atoms with Gasteiger partial charge in [-0.3, -0.25) is 9.97 Å². The number of nitrogens with one attached hydrogen (secondary N) is 2. The summed E-state index contributed by atoms with van der Waals surface area (Å²) in [5.41, 5.74) is 8.16. The fourth-order valence-corrected chi connectivity index (χ4v) is 3.06. The first-order valence-electron chi connectivity index (χ1n) is 9.28. The Hall–Kier alpha value is -4.09. The molecule has 3 aromatic heterocycles. The van der Waals surface area contributed by atoms with Crippen molar-refractivity contribution in [3.05, 3.63) is 84.1 Å². The van der Waals surface area contributed by atoms with Crippen molar-refractivity contribution < 1.29 is 4.39 Å². The summed E-state index contributed by atoms with van der Waals surface area (Å²) in [7, 11) is 0. The Labute approximate surface area is 172 Å². The van der Waals surface area contributed by atoms with Crippen LogP contribution in [0.5, 0.6) is 0 Å². The van der Waals surface area contributed by atoms with Crippen molar-refractivity contribution in [1.82, 2.24) is 15.0 Å².